The van der Waals surface area contributed by atoms with Gasteiger partial charge in [-0.15, -0.1) is 0 Å². The van der Waals surface area contributed by atoms with Crippen LogP contribution < -0.4 is 4.90 Å². The summed E-state index contributed by atoms with van der Waals surface area (Å²) in [6.07, 6.45) is 1.38. The van der Waals surface area contributed by atoms with Crippen molar-refractivity contribution in [2.45, 2.75) is 13.5 Å². The van der Waals surface area contributed by atoms with Crippen LogP contribution in [0, 0.1) is 6.92 Å². The van der Waals surface area contributed by atoms with Crippen LogP contribution in [0.2, 0.25) is 0 Å². The van der Waals surface area contributed by atoms with Gasteiger partial charge in [0.05, 0.1) is 5.69 Å². The number of carboxylic acids is 1. The quantitative estimate of drug-likeness (QED) is 0.769. The van der Waals surface area contributed by atoms with E-state index in [2.05, 4.69) is 9.97 Å². The van der Waals surface area contributed by atoms with Crippen LogP contribution in [0.15, 0.2) is 60.8 Å². The van der Waals surface area contributed by atoms with Crippen molar-refractivity contribution in [3.63, 3.8) is 0 Å². The summed E-state index contributed by atoms with van der Waals surface area (Å²) in [5.41, 5.74) is 3.45. The zero-order chi connectivity index (χ0) is 17.8. The molecule has 0 spiro atoms. The van der Waals surface area contributed by atoms with Gasteiger partial charge in [0.25, 0.3) is 0 Å². The van der Waals surface area contributed by atoms with Crippen LogP contribution in [-0.2, 0) is 6.54 Å². The van der Waals surface area contributed by atoms with Gasteiger partial charge < -0.3 is 10.0 Å². The first kappa shape index (κ1) is 16.6. The van der Waals surface area contributed by atoms with Crippen LogP contribution in [0.3, 0.4) is 0 Å². The maximum Gasteiger partial charge on any atom is 0.339 e. The largest absolute Gasteiger partial charge is 0.478 e. The molecule has 25 heavy (non-hydrogen) atoms. The highest BCUT2D eigenvalue weighted by atomic mass is 16.4. The second-order valence-electron chi connectivity index (χ2n) is 5.89. The SMILES string of the molecule is Cc1ccccc1-c1nc(N(C)Cc2ccccc2)ncc1C(=O)O. The third-order valence-electron chi connectivity index (χ3n) is 4.01. The van der Waals surface area contributed by atoms with Crippen LogP contribution >= 0.6 is 0 Å². The van der Waals surface area contributed by atoms with E-state index in [0.29, 0.717) is 18.2 Å². The molecule has 5 heteroatoms. The molecule has 5 nitrogen and oxygen atoms in total. The van der Waals surface area contributed by atoms with Gasteiger partial charge in [-0.3, -0.25) is 0 Å². The molecule has 2 aromatic carbocycles. The van der Waals surface area contributed by atoms with Crippen molar-refractivity contribution in [1.82, 2.24) is 9.97 Å². The van der Waals surface area contributed by atoms with Crippen molar-refractivity contribution in [3.8, 4) is 11.3 Å². The highest BCUT2D eigenvalue weighted by Crippen LogP contribution is 2.26. The van der Waals surface area contributed by atoms with Gasteiger partial charge in [0, 0.05) is 25.4 Å². The molecule has 0 aliphatic carbocycles. The van der Waals surface area contributed by atoms with Crippen LogP contribution in [-0.4, -0.2) is 28.1 Å². The van der Waals surface area contributed by atoms with Crippen LogP contribution in [0.25, 0.3) is 11.3 Å². The molecule has 0 aliphatic rings. The zero-order valence-electron chi connectivity index (χ0n) is 14.2. The lowest BCUT2D eigenvalue weighted by molar-refractivity contribution is 0.0697. The summed E-state index contributed by atoms with van der Waals surface area (Å²) in [5.74, 6) is -0.539. The number of benzene rings is 2. The molecular formula is C20H19N3O2. The molecule has 1 N–H and O–H groups in total. The third kappa shape index (κ3) is 3.66. The van der Waals surface area contributed by atoms with E-state index in [0.717, 1.165) is 16.7 Å². The van der Waals surface area contributed by atoms with Crippen LogP contribution in [0.4, 0.5) is 5.95 Å². The van der Waals surface area contributed by atoms with Gasteiger partial charge in [-0.25, -0.2) is 14.8 Å². The van der Waals surface area contributed by atoms with E-state index in [9.17, 15) is 9.90 Å². The van der Waals surface area contributed by atoms with E-state index >= 15 is 0 Å². The van der Waals surface area contributed by atoms with Crippen molar-refractivity contribution in [2.75, 3.05) is 11.9 Å². The van der Waals surface area contributed by atoms with Gasteiger partial charge in [0.2, 0.25) is 5.95 Å². The molecule has 0 fully saturated rings. The van der Waals surface area contributed by atoms with Crippen LogP contribution in [0.1, 0.15) is 21.5 Å². The molecule has 0 amide bonds. The van der Waals surface area contributed by atoms with Gasteiger partial charge >= 0.3 is 5.97 Å². The van der Waals surface area contributed by atoms with Gasteiger partial charge in [0.15, 0.2) is 0 Å². The lowest BCUT2D eigenvalue weighted by atomic mass is 10.0. The Morgan fingerprint density at radius 1 is 1.08 bits per heavy atom. The minimum Gasteiger partial charge on any atom is -0.478 e. The molecule has 3 aromatic rings. The summed E-state index contributed by atoms with van der Waals surface area (Å²) in [7, 11) is 1.89. The predicted octanol–water partition coefficient (Wildman–Crippen LogP) is 3.79. The fourth-order valence-electron chi connectivity index (χ4n) is 2.68. The van der Waals surface area contributed by atoms with Crippen molar-refractivity contribution >= 4 is 11.9 Å². The monoisotopic (exact) mass is 333 g/mol. The minimum absolute atomic E-state index is 0.103. The third-order valence-corrected chi connectivity index (χ3v) is 4.01. The standard InChI is InChI=1S/C20H19N3O2/c1-14-8-6-7-11-16(14)18-17(19(24)25)12-21-20(22-18)23(2)13-15-9-4-3-5-10-15/h3-12H,13H2,1-2H3,(H,24,25). The lowest BCUT2D eigenvalue weighted by Crippen LogP contribution is -2.20. The van der Waals surface area contributed by atoms with Gasteiger partial charge in [0.1, 0.15) is 5.56 Å². The number of aromatic carboxylic acids is 1. The molecule has 0 unspecified atom stereocenters. The molecule has 0 saturated heterocycles. The molecule has 3 rings (SSSR count). The Labute approximate surface area is 146 Å². The Hall–Kier alpha value is -3.21. The van der Waals surface area contributed by atoms with E-state index in [1.165, 1.54) is 6.20 Å². The molecule has 0 atom stereocenters. The predicted molar refractivity (Wildman–Crippen MR) is 97.7 cm³/mol. The highest BCUT2D eigenvalue weighted by Gasteiger charge is 2.18. The molecular weight excluding hydrogens is 314 g/mol. The Bertz CT molecular complexity index is 894. The topological polar surface area (TPSA) is 66.3 Å². The number of hydrogen-bond donors (Lipinski definition) is 1. The molecule has 126 valence electrons. The number of nitrogens with zero attached hydrogens (tertiary/aromatic N) is 3. The Kier molecular flexibility index (Phi) is 4.75. The number of hydrogen-bond acceptors (Lipinski definition) is 4. The molecule has 0 radical (unpaired) electrons. The van der Waals surface area contributed by atoms with E-state index in [-0.39, 0.29) is 5.56 Å². The van der Waals surface area contributed by atoms with E-state index < -0.39 is 5.97 Å². The number of rotatable bonds is 5. The first-order chi connectivity index (χ1) is 12.1. The fourth-order valence-corrected chi connectivity index (χ4v) is 2.68. The molecule has 1 aromatic heterocycles. The number of aryl methyl sites for hydroxylation is 1. The number of carboxylic acid groups (broad SMARTS) is 1. The molecule has 0 bridgehead atoms. The smallest absolute Gasteiger partial charge is 0.339 e. The van der Waals surface area contributed by atoms with Crippen molar-refractivity contribution in [3.05, 3.63) is 77.5 Å². The Morgan fingerprint density at radius 3 is 2.44 bits per heavy atom. The van der Waals surface area contributed by atoms with Crippen molar-refractivity contribution in [1.29, 1.82) is 0 Å². The Morgan fingerprint density at radius 2 is 1.76 bits per heavy atom. The number of carbonyl (C=O) groups is 1. The fraction of sp³-hybridized carbons (Fsp3) is 0.150. The first-order valence-corrected chi connectivity index (χ1v) is 7.97. The van der Waals surface area contributed by atoms with E-state index in [1.807, 2.05) is 73.5 Å². The summed E-state index contributed by atoms with van der Waals surface area (Å²) in [6.45, 7) is 2.58. The molecule has 0 saturated carbocycles. The number of anilines is 1. The zero-order valence-corrected chi connectivity index (χ0v) is 14.2. The maximum absolute atomic E-state index is 11.6. The number of aromatic nitrogens is 2. The average molecular weight is 333 g/mol. The van der Waals surface area contributed by atoms with Crippen molar-refractivity contribution in [2.24, 2.45) is 0 Å². The summed E-state index contributed by atoms with van der Waals surface area (Å²) in [5, 5.41) is 9.49. The summed E-state index contributed by atoms with van der Waals surface area (Å²) in [4.78, 5) is 22.3. The average Bonchev–Trinajstić information content (AvgIpc) is 2.62. The highest BCUT2D eigenvalue weighted by molar-refractivity contribution is 5.95. The lowest BCUT2D eigenvalue weighted by Gasteiger charge is -2.19. The second-order valence-corrected chi connectivity index (χ2v) is 5.89. The minimum atomic E-state index is -1.03. The summed E-state index contributed by atoms with van der Waals surface area (Å²) >= 11 is 0. The maximum atomic E-state index is 11.6. The second kappa shape index (κ2) is 7.13. The molecule has 1 heterocycles. The normalized spacial score (nSPS) is 10.5. The summed E-state index contributed by atoms with van der Waals surface area (Å²) in [6, 6.07) is 17.6. The van der Waals surface area contributed by atoms with Gasteiger partial charge in [-0.05, 0) is 18.1 Å². The first-order valence-electron chi connectivity index (χ1n) is 7.97. The van der Waals surface area contributed by atoms with Gasteiger partial charge in [-0.1, -0.05) is 54.6 Å². The van der Waals surface area contributed by atoms with Gasteiger partial charge in [-0.2, -0.15) is 0 Å². The van der Waals surface area contributed by atoms with E-state index in [4.69, 9.17) is 0 Å². The Balaban J connectivity index is 2.01. The molecule has 0 aliphatic heterocycles. The van der Waals surface area contributed by atoms with E-state index in [1.54, 1.807) is 0 Å². The van der Waals surface area contributed by atoms with Crippen LogP contribution in [0.5, 0.6) is 0 Å². The summed E-state index contributed by atoms with van der Waals surface area (Å²) < 4.78 is 0. The van der Waals surface area contributed by atoms with Crippen molar-refractivity contribution < 1.29 is 9.90 Å².